The molecule has 8 nitrogen and oxygen atoms in total. The van der Waals surface area contributed by atoms with Crippen LogP contribution in [0.4, 0.5) is 0 Å². The lowest BCUT2D eigenvalue weighted by Crippen LogP contribution is -2.29. The van der Waals surface area contributed by atoms with Crippen molar-refractivity contribution in [3.8, 4) is 22.6 Å². The Morgan fingerprint density at radius 1 is 0.921 bits per heavy atom. The number of hydrogen-bond acceptors (Lipinski definition) is 7. The van der Waals surface area contributed by atoms with E-state index < -0.39 is 22.0 Å². The summed E-state index contributed by atoms with van der Waals surface area (Å²) < 4.78 is 36.8. The molecular formula is C29H36N2O6S. The zero-order valence-electron chi connectivity index (χ0n) is 21.9. The highest BCUT2D eigenvalue weighted by molar-refractivity contribution is 7.89. The fraction of sp³-hybridized carbons (Fsp3) is 0.345. The number of sulfonamides is 1. The highest BCUT2D eigenvalue weighted by Gasteiger charge is 2.17. The zero-order valence-corrected chi connectivity index (χ0v) is 22.7. The van der Waals surface area contributed by atoms with E-state index in [2.05, 4.69) is 12.2 Å². The number of aliphatic hydroxyl groups is 1. The van der Waals surface area contributed by atoms with Gasteiger partial charge in [-0.1, -0.05) is 68.3 Å². The van der Waals surface area contributed by atoms with Gasteiger partial charge in [-0.25, -0.2) is 13.1 Å². The minimum Gasteiger partial charge on any atom is -0.493 e. The number of ether oxygens (including phenoxy) is 2. The van der Waals surface area contributed by atoms with E-state index in [4.69, 9.17) is 9.47 Å². The molecule has 3 rings (SSSR count). The quantitative estimate of drug-likeness (QED) is 0.246. The van der Waals surface area contributed by atoms with Crippen molar-refractivity contribution < 1.29 is 27.8 Å². The molecule has 0 radical (unpaired) electrons. The van der Waals surface area contributed by atoms with Crippen molar-refractivity contribution in [2.45, 2.75) is 32.3 Å². The van der Waals surface area contributed by atoms with Gasteiger partial charge in [-0.3, -0.25) is 4.79 Å². The van der Waals surface area contributed by atoms with Crippen LogP contribution in [0.2, 0.25) is 0 Å². The molecule has 3 aromatic rings. The van der Waals surface area contributed by atoms with Gasteiger partial charge in [0.05, 0.1) is 24.5 Å². The summed E-state index contributed by atoms with van der Waals surface area (Å²) in [7, 11) is -3.70. The first kappa shape index (κ1) is 29.2. The summed E-state index contributed by atoms with van der Waals surface area (Å²) in [5, 5.41) is 13.4. The first-order valence-electron chi connectivity index (χ1n) is 12.7. The van der Waals surface area contributed by atoms with Gasteiger partial charge >= 0.3 is 0 Å². The molecule has 0 unspecified atom stereocenters. The van der Waals surface area contributed by atoms with Gasteiger partial charge < -0.3 is 19.9 Å². The lowest BCUT2D eigenvalue weighted by atomic mass is 10.0. The van der Waals surface area contributed by atoms with Crippen LogP contribution in [0, 0.1) is 0 Å². The Hall–Kier alpha value is -3.40. The molecule has 38 heavy (non-hydrogen) atoms. The number of carbonyl (C=O) groups excluding carboxylic acids is 1. The van der Waals surface area contributed by atoms with Crippen LogP contribution in [0.5, 0.6) is 11.5 Å². The van der Waals surface area contributed by atoms with Gasteiger partial charge in [0, 0.05) is 13.1 Å². The average molecular weight is 541 g/mol. The van der Waals surface area contributed by atoms with E-state index in [-0.39, 0.29) is 5.56 Å². The fourth-order valence-electron chi connectivity index (χ4n) is 3.78. The molecule has 3 N–H and O–H groups in total. The summed E-state index contributed by atoms with van der Waals surface area (Å²) >= 11 is 0. The lowest BCUT2D eigenvalue weighted by Gasteiger charge is -2.14. The van der Waals surface area contributed by atoms with Crippen LogP contribution in [-0.4, -0.2) is 52.0 Å². The average Bonchev–Trinajstić information content (AvgIpc) is 2.90. The van der Waals surface area contributed by atoms with E-state index >= 15 is 0 Å². The molecule has 204 valence electrons. The second-order valence-electron chi connectivity index (χ2n) is 8.97. The molecule has 0 aliphatic rings. The Morgan fingerprint density at radius 3 is 2.32 bits per heavy atom. The van der Waals surface area contributed by atoms with Crippen LogP contribution in [0.15, 0.2) is 72.8 Å². The van der Waals surface area contributed by atoms with Crippen LogP contribution in [0.25, 0.3) is 11.1 Å². The minimum atomic E-state index is -3.70. The van der Waals surface area contributed by atoms with Crippen molar-refractivity contribution in [2.75, 3.05) is 32.6 Å². The SMILES string of the molecule is CCCCCOc1cc(-c2ccc(OCCNC[C@@H](O)c3ccccc3)cc2)ccc1C(=O)NS(C)(=O)=O. The molecular weight excluding hydrogens is 504 g/mol. The maximum atomic E-state index is 12.5. The minimum absolute atomic E-state index is 0.167. The number of aliphatic hydroxyl groups excluding tert-OH is 1. The number of amides is 1. The van der Waals surface area contributed by atoms with Gasteiger partial charge in [0.2, 0.25) is 10.0 Å². The third-order valence-corrected chi connectivity index (χ3v) is 6.32. The standard InChI is InChI=1S/C29H36N2O6S/c1-3-4-8-18-37-28-20-24(13-16-26(28)29(33)31-38(2,34)35)22-11-14-25(15-12-22)36-19-17-30-21-27(32)23-9-6-5-7-10-23/h5-7,9-16,20,27,30,32H,3-4,8,17-19,21H2,1-2H3,(H,31,33)/t27-/m1/s1. The van der Waals surface area contributed by atoms with Crippen molar-refractivity contribution in [1.29, 1.82) is 0 Å². The summed E-state index contributed by atoms with van der Waals surface area (Å²) in [6, 6.07) is 22.1. The highest BCUT2D eigenvalue weighted by Crippen LogP contribution is 2.29. The Labute approximate surface area is 225 Å². The molecule has 1 amide bonds. The van der Waals surface area contributed by atoms with E-state index in [1.807, 2.05) is 59.3 Å². The topological polar surface area (TPSA) is 114 Å². The van der Waals surface area contributed by atoms with Crippen molar-refractivity contribution in [1.82, 2.24) is 10.0 Å². The summed E-state index contributed by atoms with van der Waals surface area (Å²) in [5.74, 6) is 0.321. The van der Waals surface area contributed by atoms with Crippen LogP contribution in [0.1, 0.15) is 48.2 Å². The summed E-state index contributed by atoms with van der Waals surface area (Å²) in [5.41, 5.74) is 2.76. The predicted molar refractivity (Wildman–Crippen MR) is 149 cm³/mol. The number of benzene rings is 3. The van der Waals surface area contributed by atoms with Gasteiger partial charge in [-0.2, -0.15) is 0 Å². The van der Waals surface area contributed by atoms with Gasteiger partial charge in [-0.15, -0.1) is 0 Å². The van der Waals surface area contributed by atoms with E-state index in [9.17, 15) is 18.3 Å². The van der Waals surface area contributed by atoms with Crippen molar-refractivity contribution in [3.63, 3.8) is 0 Å². The van der Waals surface area contributed by atoms with Crippen molar-refractivity contribution in [2.24, 2.45) is 0 Å². The molecule has 0 aromatic heterocycles. The molecule has 3 aromatic carbocycles. The Balaban J connectivity index is 1.58. The van der Waals surface area contributed by atoms with Crippen molar-refractivity contribution in [3.05, 3.63) is 83.9 Å². The second kappa shape index (κ2) is 14.5. The smallest absolute Gasteiger partial charge is 0.268 e. The summed E-state index contributed by atoms with van der Waals surface area (Å²) in [4.78, 5) is 12.5. The first-order valence-corrected chi connectivity index (χ1v) is 14.6. The maximum Gasteiger partial charge on any atom is 0.268 e. The Kier molecular flexibility index (Phi) is 11.1. The molecule has 0 bridgehead atoms. The first-order chi connectivity index (χ1) is 18.3. The molecule has 0 heterocycles. The number of hydrogen-bond donors (Lipinski definition) is 3. The molecule has 0 aliphatic carbocycles. The van der Waals surface area contributed by atoms with Gasteiger partial charge in [0.15, 0.2) is 0 Å². The van der Waals surface area contributed by atoms with Crippen LogP contribution >= 0.6 is 0 Å². The fourth-order valence-corrected chi connectivity index (χ4v) is 4.23. The van der Waals surface area contributed by atoms with Gasteiger partial charge in [-0.05, 0) is 47.4 Å². The van der Waals surface area contributed by atoms with E-state index in [1.54, 1.807) is 18.2 Å². The van der Waals surface area contributed by atoms with Gasteiger partial charge in [0.25, 0.3) is 5.91 Å². The number of nitrogens with one attached hydrogen (secondary N) is 2. The summed E-state index contributed by atoms with van der Waals surface area (Å²) in [6.07, 6.45) is 3.23. The predicted octanol–water partition coefficient (Wildman–Crippen LogP) is 4.31. The monoisotopic (exact) mass is 540 g/mol. The van der Waals surface area contributed by atoms with E-state index in [0.29, 0.717) is 37.8 Å². The van der Waals surface area contributed by atoms with Crippen LogP contribution in [-0.2, 0) is 10.0 Å². The molecule has 0 aliphatic heterocycles. The molecule has 0 saturated heterocycles. The van der Waals surface area contributed by atoms with Crippen LogP contribution in [0.3, 0.4) is 0 Å². The molecule has 1 atom stereocenters. The Morgan fingerprint density at radius 2 is 1.63 bits per heavy atom. The zero-order chi connectivity index (χ0) is 27.4. The normalized spacial score (nSPS) is 12.1. The van der Waals surface area contributed by atoms with Crippen LogP contribution < -0.4 is 19.5 Å². The number of rotatable bonds is 15. The Bertz CT molecular complexity index is 1260. The molecule has 0 fully saturated rings. The number of unbranched alkanes of at least 4 members (excludes halogenated alkanes) is 2. The largest absolute Gasteiger partial charge is 0.493 e. The number of carbonyl (C=O) groups is 1. The van der Waals surface area contributed by atoms with Crippen molar-refractivity contribution >= 4 is 15.9 Å². The highest BCUT2D eigenvalue weighted by atomic mass is 32.2. The summed E-state index contributed by atoms with van der Waals surface area (Å²) in [6.45, 7) is 3.99. The van der Waals surface area contributed by atoms with Gasteiger partial charge in [0.1, 0.15) is 18.1 Å². The lowest BCUT2D eigenvalue weighted by molar-refractivity contribution is 0.0977. The second-order valence-corrected chi connectivity index (χ2v) is 10.7. The molecule has 9 heteroatoms. The third-order valence-electron chi connectivity index (χ3n) is 5.77. The molecule has 0 spiro atoms. The maximum absolute atomic E-state index is 12.5. The van der Waals surface area contributed by atoms with E-state index in [0.717, 1.165) is 42.2 Å². The molecule has 0 saturated carbocycles. The third kappa shape index (κ3) is 9.48. The van der Waals surface area contributed by atoms with E-state index in [1.165, 1.54) is 0 Å².